The van der Waals surface area contributed by atoms with E-state index in [1.807, 2.05) is 18.2 Å². The number of aliphatic hydroxyl groups excluding tert-OH is 1. The first kappa shape index (κ1) is 10.6. The van der Waals surface area contributed by atoms with E-state index in [4.69, 9.17) is 17.3 Å². The molecule has 0 aromatic heterocycles. The zero-order valence-corrected chi connectivity index (χ0v) is 9.24. The Bertz CT molecular complexity index is 336. The molecule has 0 saturated carbocycles. The molecule has 1 saturated heterocycles. The molecule has 2 rings (SSSR count). The maximum atomic E-state index is 9.60. The van der Waals surface area contributed by atoms with Crippen molar-refractivity contribution in [3.8, 4) is 0 Å². The van der Waals surface area contributed by atoms with Gasteiger partial charge in [0.1, 0.15) is 0 Å². The van der Waals surface area contributed by atoms with E-state index in [0.29, 0.717) is 17.3 Å². The van der Waals surface area contributed by atoms with Crippen LogP contribution in [0.2, 0.25) is 5.02 Å². The maximum Gasteiger partial charge on any atom is 0.0790 e. The van der Waals surface area contributed by atoms with Crippen LogP contribution in [0.25, 0.3) is 0 Å². The van der Waals surface area contributed by atoms with E-state index in [0.717, 1.165) is 25.1 Å². The Morgan fingerprint density at radius 1 is 1.47 bits per heavy atom. The molecule has 3 N–H and O–H groups in total. The largest absolute Gasteiger partial charge is 0.397 e. The molecule has 3 nitrogen and oxygen atoms in total. The molecule has 1 aromatic carbocycles. The molecule has 1 fully saturated rings. The molecule has 0 aliphatic carbocycles. The summed E-state index contributed by atoms with van der Waals surface area (Å²) < 4.78 is 0. The Morgan fingerprint density at radius 2 is 2.27 bits per heavy atom. The Morgan fingerprint density at radius 3 is 2.93 bits per heavy atom. The summed E-state index contributed by atoms with van der Waals surface area (Å²) in [7, 11) is 0. The lowest BCUT2D eigenvalue weighted by molar-refractivity contribution is 0.154. The first-order valence-electron chi connectivity index (χ1n) is 5.15. The molecule has 1 aliphatic rings. The molecule has 1 unspecified atom stereocenters. The standard InChI is InChI=1S/C11H15ClN2O/c12-9-4-1-5-10(13)11(9)14-6-2-3-8(15)7-14/h1,4-5,8,15H,2-3,6-7,13H2. The van der Waals surface area contributed by atoms with Crippen molar-refractivity contribution in [3.05, 3.63) is 23.2 Å². The van der Waals surface area contributed by atoms with Crippen LogP contribution in [0.4, 0.5) is 11.4 Å². The van der Waals surface area contributed by atoms with Gasteiger partial charge in [-0.25, -0.2) is 0 Å². The van der Waals surface area contributed by atoms with Crippen LogP contribution in [0.3, 0.4) is 0 Å². The van der Waals surface area contributed by atoms with Crippen LogP contribution >= 0.6 is 11.6 Å². The average Bonchev–Trinajstić information content (AvgIpc) is 2.17. The zero-order chi connectivity index (χ0) is 10.8. The molecule has 1 heterocycles. The fourth-order valence-electron chi connectivity index (χ4n) is 2.02. The summed E-state index contributed by atoms with van der Waals surface area (Å²) in [5, 5.41) is 10.3. The number of halogens is 1. The van der Waals surface area contributed by atoms with Crippen LogP contribution in [0.15, 0.2) is 18.2 Å². The third-order valence-corrected chi connectivity index (χ3v) is 3.04. The second-order valence-electron chi connectivity index (χ2n) is 3.92. The van der Waals surface area contributed by atoms with Crippen LogP contribution < -0.4 is 10.6 Å². The normalized spacial score (nSPS) is 21.7. The Balaban J connectivity index is 2.28. The third-order valence-electron chi connectivity index (χ3n) is 2.73. The van der Waals surface area contributed by atoms with Crippen molar-refractivity contribution >= 4 is 23.0 Å². The summed E-state index contributed by atoms with van der Waals surface area (Å²) >= 11 is 6.11. The van der Waals surface area contributed by atoms with Crippen molar-refractivity contribution < 1.29 is 5.11 Å². The molecule has 0 radical (unpaired) electrons. The average molecular weight is 227 g/mol. The summed E-state index contributed by atoms with van der Waals surface area (Å²) in [6.07, 6.45) is 1.57. The molecule has 15 heavy (non-hydrogen) atoms. The van der Waals surface area contributed by atoms with Crippen molar-refractivity contribution in [1.82, 2.24) is 0 Å². The van der Waals surface area contributed by atoms with Gasteiger partial charge in [-0.15, -0.1) is 0 Å². The van der Waals surface area contributed by atoms with Crippen LogP contribution in [0.5, 0.6) is 0 Å². The maximum absolute atomic E-state index is 9.60. The molecule has 0 spiro atoms. The number of anilines is 2. The van der Waals surface area contributed by atoms with E-state index >= 15 is 0 Å². The van der Waals surface area contributed by atoms with Gasteiger partial charge in [0.2, 0.25) is 0 Å². The van der Waals surface area contributed by atoms with E-state index < -0.39 is 0 Å². The van der Waals surface area contributed by atoms with E-state index in [2.05, 4.69) is 4.90 Å². The lowest BCUT2D eigenvalue weighted by Crippen LogP contribution is -2.38. The number of benzene rings is 1. The minimum absolute atomic E-state index is 0.269. The van der Waals surface area contributed by atoms with Gasteiger partial charge in [0, 0.05) is 13.1 Å². The SMILES string of the molecule is Nc1cccc(Cl)c1N1CCCC(O)C1. The number of piperidine rings is 1. The number of nitrogen functional groups attached to an aromatic ring is 1. The number of hydrogen-bond acceptors (Lipinski definition) is 3. The van der Waals surface area contributed by atoms with E-state index in [-0.39, 0.29) is 6.10 Å². The van der Waals surface area contributed by atoms with Crippen molar-refractivity contribution in [2.45, 2.75) is 18.9 Å². The van der Waals surface area contributed by atoms with Crippen molar-refractivity contribution in [2.24, 2.45) is 0 Å². The summed E-state index contributed by atoms with van der Waals surface area (Å²) in [6, 6.07) is 5.50. The Hall–Kier alpha value is -0.930. The smallest absolute Gasteiger partial charge is 0.0790 e. The highest BCUT2D eigenvalue weighted by atomic mass is 35.5. The van der Waals surface area contributed by atoms with E-state index in [1.165, 1.54) is 0 Å². The quantitative estimate of drug-likeness (QED) is 0.719. The predicted octanol–water partition coefficient (Wildman–Crippen LogP) is 1.88. The monoisotopic (exact) mass is 226 g/mol. The number of β-amino-alcohol motifs (C(OH)–C–C–N with tert-alkyl or cyclic N) is 1. The Labute approximate surface area is 94.4 Å². The zero-order valence-electron chi connectivity index (χ0n) is 8.49. The van der Waals surface area contributed by atoms with Crippen molar-refractivity contribution in [1.29, 1.82) is 0 Å². The molecular weight excluding hydrogens is 212 g/mol. The molecule has 0 bridgehead atoms. The lowest BCUT2D eigenvalue weighted by Gasteiger charge is -2.33. The van der Waals surface area contributed by atoms with Crippen molar-refractivity contribution in [2.75, 3.05) is 23.7 Å². The van der Waals surface area contributed by atoms with Gasteiger partial charge >= 0.3 is 0 Å². The van der Waals surface area contributed by atoms with Crippen molar-refractivity contribution in [3.63, 3.8) is 0 Å². The second kappa shape index (κ2) is 4.29. The molecule has 82 valence electrons. The van der Waals surface area contributed by atoms with Gasteiger partial charge < -0.3 is 15.7 Å². The van der Waals surface area contributed by atoms with E-state index in [1.54, 1.807) is 0 Å². The van der Waals surface area contributed by atoms with Crippen LogP contribution in [-0.2, 0) is 0 Å². The number of hydrogen-bond donors (Lipinski definition) is 2. The van der Waals surface area contributed by atoms with Crippen LogP contribution in [0, 0.1) is 0 Å². The third kappa shape index (κ3) is 2.19. The highest BCUT2D eigenvalue weighted by Crippen LogP contribution is 2.33. The van der Waals surface area contributed by atoms with Gasteiger partial charge in [0.05, 0.1) is 22.5 Å². The number of aliphatic hydroxyl groups is 1. The topological polar surface area (TPSA) is 49.5 Å². The predicted molar refractivity (Wildman–Crippen MR) is 63.3 cm³/mol. The van der Waals surface area contributed by atoms with E-state index in [9.17, 15) is 5.11 Å². The van der Waals surface area contributed by atoms with Gasteiger partial charge in [-0.3, -0.25) is 0 Å². The number of rotatable bonds is 1. The minimum atomic E-state index is -0.269. The molecule has 1 atom stereocenters. The number of para-hydroxylation sites is 1. The van der Waals surface area contributed by atoms with Gasteiger partial charge in [0.15, 0.2) is 0 Å². The molecule has 4 heteroatoms. The Kier molecular flexibility index (Phi) is 3.03. The molecule has 1 aliphatic heterocycles. The van der Waals surface area contributed by atoms with Crippen LogP contribution in [-0.4, -0.2) is 24.3 Å². The summed E-state index contributed by atoms with van der Waals surface area (Å²) in [4.78, 5) is 2.06. The van der Waals surface area contributed by atoms with Gasteiger partial charge in [-0.1, -0.05) is 17.7 Å². The summed E-state index contributed by atoms with van der Waals surface area (Å²) in [6.45, 7) is 1.53. The molecule has 1 aromatic rings. The second-order valence-corrected chi connectivity index (χ2v) is 4.33. The fourth-order valence-corrected chi connectivity index (χ4v) is 2.32. The first-order valence-corrected chi connectivity index (χ1v) is 5.53. The number of nitrogens with zero attached hydrogens (tertiary/aromatic N) is 1. The molecule has 0 amide bonds. The highest BCUT2D eigenvalue weighted by Gasteiger charge is 2.21. The highest BCUT2D eigenvalue weighted by molar-refractivity contribution is 6.34. The van der Waals surface area contributed by atoms with Gasteiger partial charge in [-0.05, 0) is 25.0 Å². The van der Waals surface area contributed by atoms with Gasteiger partial charge in [-0.2, -0.15) is 0 Å². The molecular formula is C11H15ClN2O. The minimum Gasteiger partial charge on any atom is -0.397 e. The lowest BCUT2D eigenvalue weighted by atomic mass is 10.1. The first-order chi connectivity index (χ1) is 7.18. The summed E-state index contributed by atoms with van der Waals surface area (Å²) in [5.74, 6) is 0. The summed E-state index contributed by atoms with van der Waals surface area (Å²) in [5.41, 5.74) is 7.43. The number of nitrogens with two attached hydrogens (primary N) is 1. The van der Waals surface area contributed by atoms with Gasteiger partial charge in [0.25, 0.3) is 0 Å². The van der Waals surface area contributed by atoms with Crippen LogP contribution in [0.1, 0.15) is 12.8 Å². The fraction of sp³-hybridized carbons (Fsp3) is 0.455.